The minimum atomic E-state index is -0.443. The molecule has 1 fully saturated rings. The van der Waals surface area contributed by atoms with E-state index in [9.17, 15) is 9.59 Å². The number of benzene rings is 3. The fraction of sp³-hybridized carbons (Fsp3) is 0.207. The van der Waals surface area contributed by atoms with Crippen molar-refractivity contribution in [3.8, 4) is 0 Å². The maximum absolute atomic E-state index is 13.4. The maximum atomic E-state index is 13.4. The van der Waals surface area contributed by atoms with E-state index in [0.717, 1.165) is 13.1 Å². The molecule has 0 spiro atoms. The lowest BCUT2D eigenvalue weighted by molar-refractivity contribution is 0.0601. The summed E-state index contributed by atoms with van der Waals surface area (Å²) >= 11 is 7.17. The van der Waals surface area contributed by atoms with Crippen molar-refractivity contribution in [3.05, 3.63) is 112 Å². The van der Waals surface area contributed by atoms with Crippen molar-refractivity contribution in [1.82, 2.24) is 14.8 Å². The molecule has 0 bridgehead atoms. The quantitative estimate of drug-likeness (QED) is 0.298. The normalized spacial score (nSPS) is 13.9. The van der Waals surface area contributed by atoms with Gasteiger partial charge in [0.2, 0.25) is 0 Å². The van der Waals surface area contributed by atoms with Gasteiger partial charge in [0.25, 0.3) is 5.91 Å². The highest BCUT2D eigenvalue weighted by atomic mass is 35.5. The SMILES string of the molecule is Cc1nc(NC(=O)Nc2cccc(Cl)c2)sc1C(=O)N1CCN(C(c2ccccc2)c2ccccc2)CC1. The number of urea groups is 1. The first-order valence-electron chi connectivity index (χ1n) is 12.4. The van der Waals surface area contributed by atoms with Crippen LogP contribution in [-0.2, 0) is 0 Å². The van der Waals surface area contributed by atoms with Gasteiger partial charge < -0.3 is 10.2 Å². The molecule has 1 aliphatic heterocycles. The summed E-state index contributed by atoms with van der Waals surface area (Å²) in [6, 6.07) is 27.5. The predicted octanol–water partition coefficient (Wildman–Crippen LogP) is 6.30. The van der Waals surface area contributed by atoms with Crippen LogP contribution >= 0.6 is 22.9 Å². The van der Waals surface area contributed by atoms with Crippen LogP contribution in [0.25, 0.3) is 0 Å². The second kappa shape index (κ2) is 11.8. The second-order valence-electron chi connectivity index (χ2n) is 9.08. The van der Waals surface area contributed by atoms with E-state index < -0.39 is 6.03 Å². The number of thiazole rings is 1. The molecule has 0 atom stereocenters. The van der Waals surface area contributed by atoms with Crippen LogP contribution in [0.4, 0.5) is 15.6 Å². The summed E-state index contributed by atoms with van der Waals surface area (Å²) in [6.45, 7) is 4.53. The van der Waals surface area contributed by atoms with Crippen molar-refractivity contribution in [2.45, 2.75) is 13.0 Å². The molecule has 1 aliphatic rings. The summed E-state index contributed by atoms with van der Waals surface area (Å²) < 4.78 is 0. The Kier molecular flexibility index (Phi) is 8.03. The third-order valence-corrected chi connectivity index (χ3v) is 7.79. The zero-order chi connectivity index (χ0) is 26.5. The summed E-state index contributed by atoms with van der Waals surface area (Å²) in [7, 11) is 0. The number of anilines is 2. The van der Waals surface area contributed by atoms with Crippen LogP contribution in [0, 0.1) is 6.92 Å². The molecule has 4 aromatic rings. The fourth-order valence-corrected chi connectivity index (χ4v) is 5.81. The molecular formula is C29H28ClN5O2S. The van der Waals surface area contributed by atoms with Crippen molar-refractivity contribution in [1.29, 1.82) is 0 Å². The molecule has 0 radical (unpaired) electrons. The lowest BCUT2D eigenvalue weighted by atomic mass is 9.96. The van der Waals surface area contributed by atoms with Gasteiger partial charge in [0, 0.05) is 36.9 Å². The standard InChI is InChI=1S/C29H28ClN5O2S/c1-20-26(38-29(31-20)33-28(37)32-24-14-8-13-23(30)19-24)27(36)35-17-15-34(16-18-35)25(21-9-4-2-5-10-21)22-11-6-3-7-12-22/h2-14,19,25H,15-18H2,1H3,(H2,31,32,33,37). The molecule has 1 saturated heterocycles. The number of carbonyl (C=O) groups excluding carboxylic acids is 2. The van der Waals surface area contributed by atoms with E-state index in [0.29, 0.717) is 39.5 Å². The number of aryl methyl sites for hydroxylation is 1. The highest BCUT2D eigenvalue weighted by Gasteiger charge is 2.30. The van der Waals surface area contributed by atoms with E-state index in [4.69, 9.17) is 11.6 Å². The van der Waals surface area contributed by atoms with E-state index in [1.807, 2.05) is 17.0 Å². The number of carbonyl (C=O) groups is 2. The molecule has 5 rings (SSSR count). The van der Waals surface area contributed by atoms with Crippen LogP contribution in [0.5, 0.6) is 0 Å². The average molecular weight is 546 g/mol. The zero-order valence-corrected chi connectivity index (χ0v) is 22.5. The molecule has 194 valence electrons. The molecule has 0 saturated carbocycles. The number of piperazine rings is 1. The van der Waals surface area contributed by atoms with Gasteiger partial charge in [-0.2, -0.15) is 0 Å². The van der Waals surface area contributed by atoms with Gasteiger partial charge in [-0.05, 0) is 36.2 Å². The van der Waals surface area contributed by atoms with Crippen LogP contribution < -0.4 is 10.6 Å². The van der Waals surface area contributed by atoms with Crippen molar-refractivity contribution in [2.75, 3.05) is 36.8 Å². The molecule has 2 heterocycles. The summed E-state index contributed by atoms with van der Waals surface area (Å²) in [5.74, 6) is -0.0566. The number of aromatic nitrogens is 1. The van der Waals surface area contributed by atoms with Gasteiger partial charge in [-0.1, -0.05) is 89.7 Å². The third-order valence-electron chi connectivity index (χ3n) is 6.49. The summed E-state index contributed by atoms with van der Waals surface area (Å²) in [6.07, 6.45) is 0. The Morgan fingerprint density at radius 2 is 1.50 bits per heavy atom. The lowest BCUT2D eigenvalue weighted by Crippen LogP contribution is -2.49. The molecule has 3 aromatic carbocycles. The van der Waals surface area contributed by atoms with Gasteiger partial charge in [0.05, 0.1) is 11.7 Å². The number of halogens is 1. The Labute approximate surface area is 231 Å². The number of nitrogens with zero attached hydrogens (tertiary/aromatic N) is 3. The van der Waals surface area contributed by atoms with Crippen molar-refractivity contribution in [3.63, 3.8) is 0 Å². The Morgan fingerprint density at radius 3 is 2.11 bits per heavy atom. The van der Waals surface area contributed by atoms with E-state index in [-0.39, 0.29) is 11.9 Å². The molecule has 0 unspecified atom stereocenters. The summed E-state index contributed by atoms with van der Waals surface area (Å²) in [5, 5.41) is 6.35. The van der Waals surface area contributed by atoms with Crippen molar-refractivity contribution in [2.24, 2.45) is 0 Å². The van der Waals surface area contributed by atoms with Gasteiger partial charge in [-0.3, -0.25) is 15.0 Å². The van der Waals surface area contributed by atoms with E-state index in [1.54, 1.807) is 31.2 Å². The van der Waals surface area contributed by atoms with Gasteiger partial charge in [0.1, 0.15) is 4.88 Å². The van der Waals surface area contributed by atoms with Crippen molar-refractivity contribution < 1.29 is 9.59 Å². The zero-order valence-electron chi connectivity index (χ0n) is 20.9. The largest absolute Gasteiger partial charge is 0.335 e. The third kappa shape index (κ3) is 6.05. The van der Waals surface area contributed by atoms with E-state index in [2.05, 4.69) is 69.0 Å². The minimum absolute atomic E-state index is 0.0566. The molecule has 9 heteroatoms. The van der Waals surface area contributed by atoms with Crippen LogP contribution in [0.1, 0.15) is 32.5 Å². The maximum Gasteiger partial charge on any atom is 0.325 e. The highest BCUT2D eigenvalue weighted by Crippen LogP contribution is 2.30. The molecule has 2 N–H and O–H groups in total. The number of hydrogen-bond donors (Lipinski definition) is 2. The molecule has 0 aliphatic carbocycles. The molecule has 38 heavy (non-hydrogen) atoms. The Bertz CT molecular complexity index is 1370. The number of rotatable bonds is 6. The molecule has 1 aromatic heterocycles. The highest BCUT2D eigenvalue weighted by molar-refractivity contribution is 7.17. The van der Waals surface area contributed by atoms with Gasteiger partial charge in [0.15, 0.2) is 5.13 Å². The van der Waals surface area contributed by atoms with Crippen LogP contribution in [-0.4, -0.2) is 52.9 Å². The first-order chi connectivity index (χ1) is 18.5. The van der Waals surface area contributed by atoms with E-state index >= 15 is 0 Å². The average Bonchev–Trinajstić information content (AvgIpc) is 3.29. The topological polar surface area (TPSA) is 77.6 Å². The van der Waals surface area contributed by atoms with Crippen LogP contribution in [0.2, 0.25) is 5.02 Å². The minimum Gasteiger partial charge on any atom is -0.335 e. The van der Waals surface area contributed by atoms with Gasteiger partial charge in [-0.25, -0.2) is 9.78 Å². The molecule has 3 amide bonds. The summed E-state index contributed by atoms with van der Waals surface area (Å²) in [5.41, 5.74) is 3.65. The first-order valence-corrected chi connectivity index (χ1v) is 13.6. The first kappa shape index (κ1) is 25.9. The van der Waals surface area contributed by atoms with Crippen LogP contribution in [0.15, 0.2) is 84.9 Å². The van der Waals surface area contributed by atoms with Gasteiger partial charge in [-0.15, -0.1) is 0 Å². The Hall–Kier alpha value is -3.72. The fourth-order valence-electron chi connectivity index (χ4n) is 4.69. The smallest absolute Gasteiger partial charge is 0.325 e. The Morgan fingerprint density at radius 1 is 0.868 bits per heavy atom. The van der Waals surface area contributed by atoms with Crippen LogP contribution in [0.3, 0.4) is 0 Å². The second-order valence-corrected chi connectivity index (χ2v) is 10.5. The molecule has 7 nitrogen and oxygen atoms in total. The predicted molar refractivity (Wildman–Crippen MR) is 153 cm³/mol. The number of nitrogens with one attached hydrogen (secondary N) is 2. The summed E-state index contributed by atoms with van der Waals surface area (Å²) in [4.78, 5) is 35.1. The molecular weight excluding hydrogens is 518 g/mol. The monoisotopic (exact) mass is 545 g/mol. The lowest BCUT2D eigenvalue weighted by Gasteiger charge is -2.39. The van der Waals surface area contributed by atoms with E-state index in [1.165, 1.54) is 22.5 Å². The van der Waals surface area contributed by atoms with Gasteiger partial charge >= 0.3 is 6.03 Å². The Balaban J connectivity index is 1.23. The number of amides is 3. The number of hydrogen-bond acceptors (Lipinski definition) is 5. The van der Waals surface area contributed by atoms with Crippen molar-refractivity contribution >= 4 is 45.7 Å².